The highest BCUT2D eigenvalue weighted by molar-refractivity contribution is 7.89. The second-order valence-corrected chi connectivity index (χ2v) is 8.83. The molecular weight excluding hydrogens is 446 g/mol. The van der Waals surface area contributed by atoms with E-state index in [1.54, 1.807) is 43.0 Å². The van der Waals surface area contributed by atoms with Crippen LogP contribution in [0.2, 0.25) is 0 Å². The molecule has 10 nitrogen and oxygen atoms in total. The molecule has 170 valence electrons. The van der Waals surface area contributed by atoms with E-state index < -0.39 is 27.9 Å². The molecule has 1 aromatic heterocycles. The molecule has 0 fully saturated rings. The maximum absolute atomic E-state index is 13.3. The lowest BCUT2D eigenvalue weighted by Gasteiger charge is -2.38. The number of carbonyl (C=O) groups excluding carboxylic acids is 2. The molecule has 1 unspecified atom stereocenters. The van der Waals surface area contributed by atoms with E-state index in [-0.39, 0.29) is 28.6 Å². The van der Waals surface area contributed by atoms with E-state index in [0.29, 0.717) is 17.1 Å². The molecule has 0 saturated heterocycles. The van der Waals surface area contributed by atoms with Crippen LogP contribution in [-0.2, 0) is 19.6 Å². The molecule has 0 aliphatic carbocycles. The molecule has 0 saturated carbocycles. The SMILES string of the molecule is CCOC(=O)c1cnc(C)nc1N1c2ccc(S(N)(=O)=O)cc2NC(=O)C1c1ccccc1. The van der Waals surface area contributed by atoms with Gasteiger partial charge in [-0.15, -0.1) is 0 Å². The number of aryl methyl sites for hydroxylation is 1. The van der Waals surface area contributed by atoms with Crippen molar-refractivity contribution < 1.29 is 22.7 Å². The first kappa shape index (κ1) is 22.4. The molecule has 33 heavy (non-hydrogen) atoms. The number of fused-ring (bicyclic) bond motifs is 1. The van der Waals surface area contributed by atoms with Crippen LogP contribution in [0.3, 0.4) is 0 Å². The number of carbonyl (C=O) groups is 2. The predicted octanol–water partition coefficient (Wildman–Crippen LogP) is 2.44. The van der Waals surface area contributed by atoms with E-state index in [2.05, 4.69) is 15.3 Å². The van der Waals surface area contributed by atoms with Gasteiger partial charge in [-0.3, -0.25) is 4.79 Å². The quantitative estimate of drug-likeness (QED) is 0.544. The zero-order chi connectivity index (χ0) is 23.8. The van der Waals surface area contributed by atoms with Crippen LogP contribution in [0.1, 0.15) is 34.7 Å². The fraction of sp³-hybridized carbons (Fsp3) is 0.182. The van der Waals surface area contributed by atoms with Crippen molar-refractivity contribution in [2.45, 2.75) is 24.8 Å². The highest BCUT2D eigenvalue weighted by Gasteiger charge is 2.38. The molecular formula is C22H21N5O5S. The molecule has 11 heteroatoms. The van der Waals surface area contributed by atoms with Gasteiger partial charge in [0.1, 0.15) is 17.4 Å². The van der Waals surface area contributed by atoms with Gasteiger partial charge in [-0.05, 0) is 37.6 Å². The molecule has 0 spiro atoms. The number of nitrogens with one attached hydrogen (secondary N) is 1. The Bertz CT molecular complexity index is 1340. The minimum atomic E-state index is -4.01. The van der Waals surface area contributed by atoms with E-state index >= 15 is 0 Å². The summed E-state index contributed by atoms with van der Waals surface area (Å²) >= 11 is 0. The Morgan fingerprint density at radius 1 is 1.21 bits per heavy atom. The number of benzene rings is 2. The van der Waals surface area contributed by atoms with Crippen LogP contribution in [-0.4, -0.2) is 36.9 Å². The summed E-state index contributed by atoms with van der Waals surface area (Å²) in [5, 5.41) is 8.02. The number of sulfonamides is 1. The number of aromatic nitrogens is 2. The standard InChI is InChI=1S/C22H21N5O5S/c1-3-32-22(29)16-12-24-13(2)25-20(16)27-18-10-9-15(33(23,30)31)11-17(18)26-21(28)19(27)14-7-5-4-6-8-14/h4-12,19H,3H2,1-2H3,(H,26,28)(H2,23,30,31). The molecule has 1 atom stereocenters. The molecule has 0 radical (unpaired) electrons. The average molecular weight is 468 g/mol. The fourth-order valence-corrected chi connectivity index (χ4v) is 4.17. The number of esters is 1. The second-order valence-electron chi connectivity index (χ2n) is 7.27. The summed E-state index contributed by atoms with van der Waals surface area (Å²) in [6, 6.07) is 12.2. The van der Waals surface area contributed by atoms with Crippen molar-refractivity contribution in [1.82, 2.24) is 9.97 Å². The van der Waals surface area contributed by atoms with E-state index in [1.807, 2.05) is 6.07 Å². The lowest BCUT2D eigenvalue weighted by atomic mass is 9.99. The highest BCUT2D eigenvalue weighted by Crippen LogP contribution is 2.44. The Morgan fingerprint density at radius 3 is 2.61 bits per heavy atom. The Kier molecular flexibility index (Phi) is 5.83. The van der Waals surface area contributed by atoms with Crippen molar-refractivity contribution in [2.24, 2.45) is 5.14 Å². The lowest BCUT2D eigenvalue weighted by Crippen LogP contribution is -2.40. The summed E-state index contributed by atoms with van der Waals surface area (Å²) < 4.78 is 28.9. The summed E-state index contributed by atoms with van der Waals surface area (Å²) in [5.74, 6) is -0.549. The summed E-state index contributed by atoms with van der Waals surface area (Å²) in [7, 11) is -4.01. The molecule has 1 aliphatic rings. The Morgan fingerprint density at radius 2 is 1.94 bits per heavy atom. The predicted molar refractivity (Wildman–Crippen MR) is 120 cm³/mol. The van der Waals surface area contributed by atoms with Gasteiger partial charge in [0.2, 0.25) is 10.0 Å². The van der Waals surface area contributed by atoms with Crippen LogP contribution in [0.4, 0.5) is 17.2 Å². The molecule has 2 aromatic carbocycles. The van der Waals surface area contributed by atoms with Crippen molar-refractivity contribution >= 4 is 39.1 Å². The minimum Gasteiger partial charge on any atom is -0.462 e. The fourth-order valence-electron chi connectivity index (χ4n) is 3.63. The van der Waals surface area contributed by atoms with Crippen LogP contribution in [0, 0.1) is 6.92 Å². The largest absolute Gasteiger partial charge is 0.462 e. The van der Waals surface area contributed by atoms with Crippen LogP contribution in [0.5, 0.6) is 0 Å². The van der Waals surface area contributed by atoms with Gasteiger partial charge in [0.05, 0.1) is 22.9 Å². The van der Waals surface area contributed by atoms with Crippen molar-refractivity contribution in [3.63, 3.8) is 0 Å². The topological polar surface area (TPSA) is 145 Å². The summed E-state index contributed by atoms with van der Waals surface area (Å²) in [5.41, 5.74) is 1.35. The van der Waals surface area contributed by atoms with Crippen molar-refractivity contribution in [3.05, 3.63) is 71.7 Å². The molecule has 3 aromatic rings. The third-order valence-electron chi connectivity index (χ3n) is 5.05. The first-order valence-corrected chi connectivity index (χ1v) is 11.6. The van der Waals surface area contributed by atoms with Crippen LogP contribution >= 0.6 is 0 Å². The molecule has 1 amide bonds. The van der Waals surface area contributed by atoms with E-state index in [0.717, 1.165) is 0 Å². The molecule has 2 heterocycles. The van der Waals surface area contributed by atoms with E-state index in [9.17, 15) is 18.0 Å². The summed E-state index contributed by atoms with van der Waals surface area (Å²) in [6.45, 7) is 3.48. The van der Waals surface area contributed by atoms with Gasteiger partial charge >= 0.3 is 5.97 Å². The number of anilines is 3. The number of ether oxygens (including phenoxy) is 1. The van der Waals surface area contributed by atoms with E-state index in [4.69, 9.17) is 9.88 Å². The third kappa shape index (κ3) is 4.28. The number of hydrogen-bond donors (Lipinski definition) is 2. The molecule has 0 bridgehead atoms. The van der Waals surface area contributed by atoms with E-state index in [1.165, 1.54) is 24.4 Å². The van der Waals surface area contributed by atoms with Gasteiger partial charge in [-0.25, -0.2) is 28.3 Å². The third-order valence-corrected chi connectivity index (χ3v) is 5.96. The monoisotopic (exact) mass is 467 g/mol. The summed E-state index contributed by atoms with van der Waals surface area (Å²) in [6.07, 6.45) is 1.35. The molecule has 3 N–H and O–H groups in total. The zero-order valence-corrected chi connectivity index (χ0v) is 18.7. The first-order valence-electron chi connectivity index (χ1n) is 10.0. The van der Waals surface area contributed by atoms with Gasteiger partial charge in [0.25, 0.3) is 5.91 Å². The number of amides is 1. The maximum Gasteiger partial charge on any atom is 0.343 e. The second kappa shape index (κ2) is 8.60. The Labute approximate surface area is 190 Å². The highest BCUT2D eigenvalue weighted by atomic mass is 32.2. The van der Waals surface area contributed by atoms with Crippen LogP contribution < -0.4 is 15.4 Å². The first-order chi connectivity index (χ1) is 15.7. The van der Waals surface area contributed by atoms with Crippen molar-refractivity contribution in [3.8, 4) is 0 Å². The minimum absolute atomic E-state index is 0.0690. The number of nitrogens with two attached hydrogens (primary N) is 1. The Hall–Kier alpha value is -3.83. The van der Waals surface area contributed by atoms with Gasteiger partial charge in [-0.2, -0.15) is 0 Å². The average Bonchev–Trinajstić information content (AvgIpc) is 2.77. The van der Waals surface area contributed by atoms with Gasteiger partial charge in [-0.1, -0.05) is 30.3 Å². The zero-order valence-electron chi connectivity index (χ0n) is 17.8. The number of hydrogen-bond acceptors (Lipinski definition) is 8. The number of primary sulfonamides is 1. The van der Waals surface area contributed by atoms with Gasteiger partial charge in [0.15, 0.2) is 5.82 Å². The van der Waals surface area contributed by atoms with Crippen molar-refractivity contribution in [1.29, 1.82) is 0 Å². The maximum atomic E-state index is 13.3. The van der Waals surface area contributed by atoms with Crippen LogP contribution in [0.25, 0.3) is 0 Å². The molecule has 4 rings (SSSR count). The van der Waals surface area contributed by atoms with Gasteiger partial charge < -0.3 is 15.0 Å². The lowest BCUT2D eigenvalue weighted by molar-refractivity contribution is -0.117. The van der Waals surface area contributed by atoms with Gasteiger partial charge in [0, 0.05) is 6.20 Å². The normalized spacial score (nSPS) is 15.5. The smallest absolute Gasteiger partial charge is 0.343 e. The number of rotatable bonds is 5. The van der Waals surface area contributed by atoms with Crippen LogP contribution in [0.15, 0.2) is 59.6 Å². The van der Waals surface area contributed by atoms with Crippen molar-refractivity contribution in [2.75, 3.05) is 16.8 Å². The Balaban J connectivity index is 2.00. The molecule has 1 aliphatic heterocycles. The summed E-state index contributed by atoms with van der Waals surface area (Å²) in [4.78, 5) is 36.0. The number of nitrogens with zero attached hydrogens (tertiary/aromatic N) is 3.